The quantitative estimate of drug-likeness (QED) is 0.842. The van der Waals surface area contributed by atoms with E-state index in [1.165, 1.54) is 0 Å². The van der Waals surface area contributed by atoms with Gasteiger partial charge in [0, 0.05) is 12.5 Å². The number of likely N-dealkylation sites (N-methyl/N-ethyl adjacent to an activating group) is 1. The fourth-order valence-electron chi connectivity index (χ4n) is 2.57. The van der Waals surface area contributed by atoms with Crippen molar-refractivity contribution in [2.24, 2.45) is 0 Å². The Kier molecular flexibility index (Phi) is 2.49. The Balaban J connectivity index is 2.16. The molecule has 2 aromatic heterocycles. The maximum absolute atomic E-state index is 6.16. The summed E-state index contributed by atoms with van der Waals surface area (Å²) in [6.07, 6.45) is 1.11. The number of nitrogen functional groups attached to an aromatic ring is 1. The van der Waals surface area contributed by atoms with Gasteiger partial charge in [-0.25, -0.2) is 4.98 Å². The molecule has 0 saturated carbocycles. The van der Waals surface area contributed by atoms with Crippen molar-refractivity contribution in [1.29, 1.82) is 0 Å². The minimum absolute atomic E-state index is 0.421. The van der Waals surface area contributed by atoms with Crippen LogP contribution in [-0.2, 0) is 0 Å². The zero-order valence-electron chi connectivity index (χ0n) is 9.73. The van der Waals surface area contributed by atoms with Crippen molar-refractivity contribution < 1.29 is 0 Å². The number of nitrogens with zero attached hydrogens (tertiary/aromatic N) is 3. The van der Waals surface area contributed by atoms with E-state index in [0.29, 0.717) is 16.9 Å². The van der Waals surface area contributed by atoms with Crippen LogP contribution in [0.2, 0.25) is 5.15 Å². The van der Waals surface area contributed by atoms with Crippen LogP contribution >= 0.6 is 11.6 Å². The number of rotatable bonds is 1. The van der Waals surface area contributed by atoms with Crippen molar-refractivity contribution in [1.82, 2.24) is 14.3 Å². The molecule has 1 unspecified atom stereocenters. The highest BCUT2D eigenvalue weighted by Gasteiger charge is 2.26. The Hall–Kier alpha value is -1.26. The van der Waals surface area contributed by atoms with Crippen molar-refractivity contribution in [3.05, 3.63) is 29.2 Å². The van der Waals surface area contributed by atoms with Gasteiger partial charge in [-0.2, -0.15) is 0 Å². The Labute approximate surface area is 105 Å². The lowest BCUT2D eigenvalue weighted by atomic mass is 10.1. The first-order valence-electron chi connectivity index (χ1n) is 5.77. The van der Waals surface area contributed by atoms with E-state index < -0.39 is 0 Å². The van der Waals surface area contributed by atoms with Crippen LogP contribution in [0, 0.1) is 0 Å². The Bertz CT molecular complexity index is 563. The molecule has 17 heavy (non-hydrogen) atoms. The number of nitrogens with two attached hydrogens (primary N) is 1. The average molecular weight is 251 g/mol. The van der Waals surface area contributed by atoms with E-state index in [2.05, 4.69) is 16.9 Å². The fourth-order valence-corrected chi connectivity index (χ4v) is 2.80. The zero-order chi connectivity index (χ0) is 12.0. The van der Waals surface area contributed by atoms with Crippen LogP contribution in [0.1, 0.15) is 18.2 Å². The minimum Gasteiger partial charge on any atom is -0.385 e. The van der Waals surface area contributed by atoms with Crippen LogP contribution in [0.3, 0.4) is 0 Å². The van der Waals surface area contributed by atoms with Crippen LogP contribution in [0.4, 0.5) is 5.82 Å². The molecule has 2 N–H and O–H groups in total. The summed E-state index contributed by atoms with van der Waals surface area (Å²) < 4.78 is 1.98. The summed E-state index contributed by atoms with van der Waals surface area (Å²) in [6.45, 7) is 2.12. The summed E-state index contributed by atoms with van der Waals surface area (Å²) in [4.78, 5) is 6.79. The van der Waals surface area contributed by atoms with Gasteiger partial charge in [0.1, 0.15) is 11.6 Å². The van der Waals surface area contributed by atoms with Gasteiger partial charge in [0.25, 0.3) is 0 Å². The number of imidazole rings is 1. The van der Waals surface area contributed by atoms with Crippen LogP contribution in [0.15, 0.2) is 18.2 Å². The predicted molar refractivity (Wildman–Crippen MR) is 69.5 cm³/mol. The van der Waals surface area contributed by atoms with Gasteiger partial charge in [0.05, 0.1) is 5.52 Å². The van der Waals surface area contributed by atoms with Gasteiger partial charge in [-0.3, -0.25) is 4.40 Å². The minimum atomic E-state index is 0.421. The molecule has 1 aliphatic heterocycles. The van der Waals surface area contributed by atoms with Gasteiger partial charge in [0.2, 0.25) is 0 Å². The van der Waals surface area contributed by atoms with Gasteiger partial charge < -0.3 is 10.6 Å². The van der Waals surface area contributed by atoms with Crippen LogP contribution < -0.4 is 5.73 Å². The third kappa shape index (κ3) is 1.68. The molecule has 0 aromatic carbocycles. The van der Waals surface area contributed by atoms with Crippen LogP contribution in [0.5, 0.6) is 0 Å². The molecule has 0 bridgehead atoms. The van der Waals surface area contributed by atoms with Gasteiger partial charge >= 0.3 is 0 Å². The van der Waals surface area contributed by atoms with Gasteiger partial charge in [-0.1, -0.05) is 17.7 Å². The first-order chi connectivity index (χ1) is 8.16. The van der Waals surface area contributed by atoms with Gasteiger partial charge in [0.15, 0.2) is 5.15 Å². The van der Waals surface area contributed by atoms with E-state index in [1.807, 2.05) is 22.6 Å². The second-order valence-corrected chi connectivity index (χ2v) is 5.04. The molecule has 90 valence electrons. The van der Waals surface area contributed by atoms with Crippen molar-refractivity contribution in [3.8, 4) is 0 Å². The Morgan fingerprint density at radius 1 is 1.47 bits per heavy atom. The van der Waals surface area contributed by atoms with Crippen LogP contribution in [-0.4, -0.2) is 34.4 Å². The standard InChI is InChI=1S/C12H15ClN4/c1-16-6-5-8(7-16)12-15-11(13)9-3-2-4-10(14)17(9)12/h2-4,8H,5-7,14H2,1H3. The average Bonchev–Trinajstić information content (AvgIpc) is 2.85. The topological polar surface area (TPSA) is 46.6 Å². The molecule has 0 aliphatic carbocycles. The molecule has 5 heteroatoms. The predicted octanol–water partition coefficient (Wildman–Crippen LogP) is 1.99. The number of anilines is 1. The lowest BCUT2D eigenvalue weighted by molar-refractivity contribution is 0.409. The maximum atomic E-state index is 6.16. The molecule has 2 aromatic rings. The third-order valence-electron chi connectivity index (χ3n) is 3.43. The number of aromatic nitrogens is 2. The SMILES string of the molecule is CN1CCC(c2nc(Cl)c3cccc(N)n23)C1. The highest BCUT2D eigenvalue weighted by atomic mass is 35.5. The Morgan fingerprint density at radius 3 is 3.00 bits per heavy atom. The molecule has 0 spiro atoms. The molecular weight excluding hydrogens is 236 g/mol. The maximum Gasteiger partial charge on any atom is 0.155 e. The second-order valence-electron chi connectivity index (χ2n) is 4.68. The number of halogens is 1. The van der Waals surface area contributed by atoms with Gasteiger partial charge in [-0.15, -0.1) is 0 Å². The van der Waals surface area contributed by atoms with Crippen molar-refractivity contribution in [2.75, 3.05) is 25.9 Å². The van der Waals surface area contributed by atoms with E-state index in [1.54, 1.807) is 0 Å². The zero-order valence-corrected chi connectivity index (χ0v) is 10.5. The Morgan fingerprint density at radius 2 is 2.29 bits per heavy atom. The number of likely N-dealkylation sites (tertiary alicyclic amines) is 1. The number of fused-ring (bicyclic) bond motifs is 1. The van der Waals surface area contributed by atoms with Crippen LogP contribution in [0.25, 0.3) is 5.52 Å². The highest BCUT2D eigenvalue weighted by Crippen LogP contribution is 2.30. The van der Waals surface area contributed by atoms with Gasteiger partial charge in [-0.05, 0) is 32.1 Å². The van der Waals surface area contributed by atoms with E-state index in [4.69, 9.17) is 17.3 Å². The molecule has 1 saturated heterocycles. The molecule has 1 atom stereocenters. The normalized spacial score (nSPS) is 21.4. The van der Waals surface area contributed by atoms with Crippen molar-refractivity contribution >= 4 is 22.9 Å². The first-order valence-corrected chi connectivity index (χ1v) is 6.15. The molecular formula is C12H15ClN4. The summed E-state index contributed by atoms with van der Waals surface area (Å²) in [7, 11) is 2.13. The molecule has 1 fully saturated rings. The highest BCUT2D eigenvalue weighted by molar-refractivity contribution is 6.32. The lowest BCUT2D eigenvalue weighted by Crippen LogP contribution is -2.14. The molecule has 1 aliphatic rings. The molecule has 3 heterocycles. The number of pyridine rings is 1. The largest absolute Gasteiger partial charge is 0.385 e. The molecule has 4 nitrogen and oxygen atoms in total. The molecule has 0 radical (unpaired) electrons. The van der Waals surface area contributed by atoms with E-state index in [9.17, 15) is 0 Å². The number of hydrogen-bond donors (Lipinski definition) is 1. The van der Waals surface area contributed by atoms with E-state index >= 15 is 0 Å². The van der Waals surface area contributed by atoms with E-state index in [0.717, 1.165) is 30.9 Å². The smallest absolute Gasteiger partial charge is 0.155 e. The fraction of sp³-hybridized carbons (Fsp3) is 0.417. The summed E-state index contributed by atoms with van der Waals surface area (Å²) >= 11 is 6.16. The summed E-state index contributed by atoms with van der Waals surface area (Å²) in [5.41, 5.74) is 6.92. The molecule has 0 amide bonds. The lowest BCUT2D eigenvalue weighted by Gasteiger charge is -2.10. The third-order valence-corrected chi connectivity index (χ3v) is 3.71. The summed E-state index contributed by atoms with van der Waals surface area (Å²) in [5, 5.41) is 0.543. The summed E-state index contributed by atoms with van der Waals surface area (Å²) in [5.74, 6) is 2.11. The van der Waals surface area contributed by atoms with Crippen molar-refractivity contribution in [3.63, 3.8) is 0 Å². The number of hydrogen-bond acceptors (Lipinski definition) is 3. The second kappa shape index (κ2) is 3.89. The monoisotopic (exact) mass is 250 g/mol. The van der Waals surface area contributed by atoms with E-state index in [-0.39, 0.29) is 0 Å². The molecule has 3 rings (SSSR count). The van der Waals surface area contributed by atoms with Crippen molar-refractivity contribution in [2.45, 2.75) is 12.3 Å². The summed E-state index contributed by atoms with van der Waals surface area (Å²) in [6, 6.07) is 5.74. The first kappa shape index (κ1) is 10.9.